The second kappa shape index (κ2) is 7.29. The van der Waals surface area contributed by atoms with Crippen LogP contribution in [-0.2, 0) is 0 Å². The van der Waals surface area contributed by atoms with Crippen molar-refractivity contribution in [2.24, 2.45) is 16.6 Å². The Morgan fingerprint density at radius 2 is 1.87 bits per heavy atom. The van der Waals surface area contributed by atoms with Crippen LogP contribution in [0.25, 0.3) is 11.1 Å². The first-order valence-corrected chi connectivity index (χ1v) is 8.12. The highest BCUT2D eigenvalue weighted by molar-refractivity contribution is 5.85. The van der Waals surface area contributed by atoms with Crippen molar-refractivity contribution in [2.45, 2.75) is 12.8 Å². The Morgan fingerprint density at radius 3 is 2.65 bits per heavy atom. The molecule has 1 aliphatic heterocycles. The van der Waals surface area contributed by atoms with Gasteiger partial charge in [-0.15, -0.1) is 0 Å². The lowest BCUT2D eigenvalue weighted by Gasteiger charge is -2.32. The molecule has 1 atom stereocenters. The number of likely N-dealkylation sites (tertiary alicyclic amines) is 1. The lowest BCUT2D eigenvalue weighted by Crippen LogP contribution is -2.44. The molecular weight excluding hydrogens is 286 g/mol. The molecular formula is C19H23N3O. The van der Waals surface area contributed by atoms with Gasteiger partial charge in [0.25, 0.3) is 0 Å². The van der Waals surface area contributed by atoms with E-state index in [1.54, 1.807) is 0 Å². The Morgan fingerprint density at radius 1 is 1.13 bits per heavy atom. The van der Waals surface area contributed by atoms with Crippen molar-refractivity contribution in [1.82, 2.24) is 4.90 Å². The largest absolute Gasteiger partial charge is 0.396 e. The average molecular weight is 309 g/mol. The zero-order valence-electron chi connectivity index (χ0n) is 13.2. The second-order valence-electron chi connectivity index (χ2n) is 5.99. The van der Waals surface area contributed by atoms with Crippen LogP contribution >= 0.6 is 0 Å². The molecule has 0 radical (unpaired) electrons. The summed E-state index contributed by atoms with van der Waals surface area (Å²) in [4.78, 5) is 6.74. The Kier molecular flexibility index (Phi) is 4.93. The standard InChI is InChI=1S/C19H23N3O/c20-19(22-12-6-7-15(13-22)14-23)21-18-11-5-4-10-17(18)16-8-2-1-3-9-16/h1-5,8-11,15,23H,6-7,12-14H2,(H2,20,21). The van der Waals surface area contributed by atoms with Gasteiger partial charge in [-0.3, -0.25) is 0 Å². The quantitative estimate of drug-likeness (QED) is 0.677. The van der Waals surface area contributed by atoms with E-state index in [2.05, 4.69) is 28.1 Å². The fraction of sp³-hybridized carbons (Fsp3) is 0.316. The molecule has 0 aromatic heterocycles. The summed E-state index contributed by atoms with van der Waals surface area (Å²) in [5, 5.41) is 9.37. The average Bonchev–Trinajstić information content (AvgIpc) is 2.63. The summed E-state index contributed by atoms with van der Waals surface area (Å²) in [6.07, 6.45) is 2.10. The highest BCUT2D eigenvalue weighted by Crippen LogP contribution is 2.30. The first-order chi connectivity index (χ1) is 11.3. The van der Waals surface area contributed by atoms with Crippen molar-refractivity contribution in [2.75, 3.05) is 19.7 Å². The Labute approximate surface area is 137 Å². The molecule has 2 aromatic rings. The third-order valence-corrected chi connectivity index (χ3v) is 4.33. The fourth-order valence-corrected chi connectivity index (χ4v) is 3.05. The minimum Gasteiger partial charge on any atom is -0.396 e. The zero-order chi connectivity index (χ0) is 16.1. The van der Waals surface area contributed by atoms with Crippen molar-refractivity contribution in [3.63, 3.8) is 0 Å². The van der Waals surface area contributed by atoms with Gasteiger partial charge in [-0.2, -0.15) is 0 Å². The summed E-state index contributed by atoms with van der Waals surface area (Å²) in [6.45, 7) is 1.89. The van der Waals surface area contributed by atoms with Crippen molar-refractivity contribution >= 4 is 11.6 Å². The van der Waals surface area contributed by atoms with E-state index in [1.807, 2.05) is 36.4 Å². The summed E-state index contributed by atoms with van der Waals surface area (Å²) in [5.41, 5.74) is 9.32. The zero-order valence-corrected chi connectivity index (χ0v) is 13.2. The number of benzene rings is 2. The highest BCUT2D eigenvalue weighted by Gasteiger charge is 2.20. The van der Waals surface area contributed by atoms with Gasteiger partial charge >= 0.3 is 0 Å². The van der Waals surface area contributed by atoms with Crippen LogP contribution in [0.2, 0.25) is 0 Å². The van der Waals surface area contributed by atoms with E-state index in [0.717, 1.165) is 42.7 Å². The molecule has 4 nitrogen and oxygen atoms in total. The minimum absolute atomic E-state index is 0.213. The van der Waals surface area contributed by atoms with Gasteiger partial charge in [0.2, 0.25) is 0 Å². The fourth-order valence-electron chi connectivity index (χ4n) is 3.05. The number of rotatable bonds is 3. The SMILES string of the molecule is NC(=Nc1ccccc1-c1ccccc1)N1CCCC(CO)C1. The Balaban J connectivity index is 1.87. The van der Waals surface area contributed by atoms with E-state index in [1.165, 1.54) is 0 Å². The van der Waals surface area contributed by atoms with E-state index in [-0.39, 0.29) is 6.61 Å². The number of guanidine groups is 1. The van der Waals surface area contributed by atoms with E-state index >= 15 is 0 Å². The van der Waals surface area contributed by atoms with Crippen molar-refractivity contribution in [3.8, 4) is 11.1 Å². The number of hydrogen-bond acceptors (Lipinski definition) is 2. The third kappa shape index (κ3) is 3.71. The molecule has 1 saturated heterocycles. The van der Waals surface area contributed by atoms with E-state index in [4.69, 9.17) is 5.73 Å². The molecule has 0 spiro atoms. The summed E-state index contributed by atoms with van der Waals surface area (Å²) in [7, 11) is 0. The summed E-state index contributed by atoms with van der Waals surface area (Å²) in [5.74, 6) is 0.827. The van der Waals surface area contributed by atoms with Crippen molar-refractivity contribution < 1.29 is 5.11 Å². The van der Waals surface area contributed by atoms with Crippen molar-refractivity contribution in [3.05, 3.63) is 54.6 Å². The predicted molar refractivity (Wildman–Crippen MR) is 94.5 cm³/mol. The maximum absolute atomic E-state index is 9.37. The second-order valence-corrected chi connectivity index (χ2v) is 5.99. The molecule has 2 aromatic carbocycles. The van der Waals surface area contributed by atoms with Gasteiger partial charge in [-0.1, -0.05) is 48.5 Å². The predicted octanol–water partition coefficient (Wildman–Crippen LogP) is 3.00. The number of aliphatic imine (C=N–C) groups is 1. The van der Waals surface area contributed by atoms with Gasteiger partial charge in [0, 0.05) is 25.3 Å². The number of aliphatic hydroxyl groups is 1. The molecule has 0 amide bonds. The lowest BCUT2D eigenvalue weighted by atomic mass is 9.99. The monoisotopic (exact) mass is 309 g/mol. The van der Waals surface area contributed by atoms with E-state index < -0.39 is 0 Å². The normalized spacial score (nSPS) is 18.9. The number of nitrogens with zero attached hydrogens (tertiary/aromatic N) is 2. The molecule has 0 saturated carbocycles. The first kappa shape index (κ1) is 15.6. The number of nitrogens with two attached hydrogens (primary N) is 1. The molecule has 1 fully saturated rings. The maximum atomic E-state index is 9.37. The number of para-hydroxylation sites is 1. The van der Waals surface area contributed by atoms with Crippen molar-refractivity contribution in [1.29, 1.82) is 0 Å². The van der Waals surface area contributed by atoms with Gasteiger partial charge in [0.15, 0.2) is 5.96 Å². The Hall–Kier alpha value is -2.33. The molecule has 1 unspecified atom stereocenters. The smallest absolute Gasteiger partial charge is 0.196 e. The summed E-state index contributed by atoms with van der Waals surface area (Å²) < 4.78 is 0. The molecule has 0 aliphatic carbocycles. The van der Waals surface area contributed by atoms with Gasteiger partial charge in [0.1, 0.15) is 0 Å². The molecule has 1 heterocycles. The van der Waals surface area contributed by atoms with Gasteiger partial charge in [-0.05, 0) is 30.4 Å². The number of aliphatic hydroxyl groups excluding tert-OH is 1. The van der Waals surface area contributed by atoms with Crippen LogP contribution in [0, 0.1) is 5.92 Å². The minimum atomic E-state index is 0.213. The number of hydrogen-bond donors (Lipinski definition) is 2. The van der Waals surface area contributed by atoms with Gasteiger partial charge in [0.05, 0.1) is 5.69 Å². The van der Waals surface area contributed by atoms with E-state index in [0.29, 0.717) is 11.9 Å². The van der Waals surface area contributed by atoms with Crippen LogP contribution in [0.15, 0.2) is 59.6 Å². The molecule has 120 valence electrons. The summed E-state index contributed by atoms with van der Waals surface area (Å²) >= 11 is 0. The molecule has 3 rings (SSSR count). The topological polar surface area (TPSA) is 61.8 Å². The molecule has 1 aliphatic rings. The van der Waals surface area contributed by atoms with Crippen LogP contribution in [0.5, 0.6) is 0 Å². The third-order valence-electron chi connectivity index (χ3n) is 4.33. The van der Waals surface area contributed by atoms with Crippen LogP contribution in [-0.4, -0.2) is 35.7 Å². The number of piperidine rings is 1. The molecule has 3 N–H and O–H groups in total. The lowest BCUT2D eigenvalue weighted by molar-refractivity contribution is 0.160. The van der Waals surface area contributed by atoms with Gasteiger partial charge in [-0.25, -0.2) is 4.99 Å². The van der Waals surface area contributed by atoms with E-state index in [9.17, 15) is 5.11 Å². The highest BCUT2D eigenvalue weighted by atomic mass is 16.3. The van der Waals surface area contributed by atoms with Crippen LogP contribution < -0.4 is 5.73 Å². The summed E-state index contributed by atoms with van der Waals surface area (Å²) in [6, 6.07) is 18.3. The van der Waals surface area contributed by atoms with Crippen LogP contribution in [0.4, 0.5) is 5.69 Å². The molecule has 4 heteroatoms. The Bertz CT molecular complexity index is 669. The maximum Gasteiger partial charge on any atom is 0.196 e. The first-order valence-electron chi connectivity index (χ1n) is 8.12. The molecule has 23 heavy (non-hydrogen) atoms. The van der Waals surface area contributed by atoms with Crippen LogP contribution in [0.1, 0.15) is 12.8 Å². The van der Waals surface area contributed by atoms with Crippen LogP contribution in [0.3, 0.4) is 0 Å². The van der Waals surface area contributed by atoms with Gasteiger partial charge < -0.3 is 15.7 Å². The molecule has 0 bridgehead atoms.